The summed E-state index contributed by atoms with van der Waals surface area (Å²) in [7, 11) is 1.60. The van der Waals surface area contributed by atoms with Gasteiger partial charge in [0.05, 0.1) is 31.6 Å². The van der Waals surface area contributed by atoms with Crippen LogP contribution in [-0.4, -0.2) is 34.1 Å². The Morgan fingerprint density at radius 3 is 2.88 bits per heavy atom. The highest BCUT2D eigenvalue weighted by atomic mass is 16.5. The molecule has 2 heterocycles. The third-order valence-corrected chi connectivity index (χ3v) is 4.15. The van der Waals surface area contributed by atoms with E-state index >= 15 is 0 Å². The Morgan fingerprint density at radius 2 is 2.21 bits per heavy atom. The van der Waals surface area contributed by atoms with Crippen LogP contribution >= 0.6 is 0 Å². The molecule has 3 rings (SSSR count). The number of rotatable bonds is 6. The number of carbonyl (C=O) groups excluding carboxylic acids is 1. The number of amides is 2. The summed E-state index contributed by atoms with van der Waals surface area (Å²) in [6.45, 7) is 2.47. The molecule has 0 saturated heterocycles. The topological polar surface area (TPSA) is 67.3 Å². The molecule has 2 aromatic rings. The van der Waals surface area contributed by atoms with E-state index < -0.39 is 0 Å². The van der Waals surface area contributed by atoms with Crippen molar-refractivity contribution < 1.29 is 9.53 Å². The monoisotopic (exact) mass is 326 g/mol. The minimum absolute atomic E-state index is 0.0745. The van der Waals surface area contributed by atoms with E-state index in [0.717, 1.165) is 24.1 Å². The number of carbonyl (C=O) groups is 1. The van der Waals surface area contributed by atoms with Crippen LogP contribution in [0.15, 0.2) is 42.9 Å². The van der Waals surface area contributed by atoms with Gasteiger partial charge in [-0.2, -0.15) is 0 Å². The third kappa shape index (κ3) is 3.82. The minimum Gasteiger partial charge on any atom is -0.495 e. The van der Waals surface area contributed by atoms with Gasteiger partial charge in [-0.1, -0.05) is 6.07 Å². The molecule has 6 heteroatoms. The van der Waals surface area contributed by atoms with Crippen LogP contribution in [0, 0.1) is 0 Å². The molecule has 1 atom stereocenters. The molecule has 0 aliphatic heterocycles. The largest absolute Gasteiger partial charge is 0.495 e. The summed E-state index contributed by atoms with van der Waals surface area (Å²) in [5.74, 6) is 0.674. The fourth-order valence-corrected chi connectivity index (χ4v) is 2.68. The number of methoxy groups -OCH3 is 1. The second kappa shape index (κ2) is 7.29. The summed E-state index contributed by atoms with van der Waals surface area (Å²) in [5.41, 5.74) is 1.81. The van der Waals surface area contributed by atoms with Crippen molar-refractivity contribution in [3.05, 3.63) is 54.1 Å². The molecule has 24 heavy (non-hydrogen) atoms. The lowest BCUT2D eigenvalue weighted by molar-refractivity contribution is 0.188. The van der Waals surface area contributed by atoms with Crippen molar-refractivity contribution in [1.82, 2.24) is 20.2 Å². The van der Waals surface area contributed by atoms with E-state index in [-0.39, 0.29) is 12.1 Å². The molecule has 1 fully saturated rings. The zero-order chi connectivity index (χ0) is 16.9. The van der Waals surface area contributed by atoms with E-state index in [0.29, 0.717) is 18.3 Å². The van der Waals surface area contributed by atoms with Crippen molar-refractivity contribution in [1.29, 1.82) is 0 Å². The summed E-state index contributed by atoms with van der Waals surface area (Å²) in [6, 6.07) is 7.69. The highest BCUT2D eigenvalue weighted by Gasteiger charge is 2.33. The Morgan fingerprint density at radius 1 is 1.38 bits per heavy atom. The van der Waals surface area contributed by atoms with Crippen molar-refractivity contribution >= 4 is 6.03 Å². The van der Waals surface area contributed by atoms with Crippen LogP contribution in [-0.2, 0) is 6.54 Å². The predicted octanol–water partition coefficient (Wildman–Crippen LogP) is 2.92. The number of nitrogens with zero attached hydrogens (tertiary/aromatic N) is 3. The first kappa shape index (κ1) is 16.2. The number of hydrogen-bond acceptors (Lipinski definition) is 4. The van der Waals surface area contributed by atoms with Gasteiger partial charge in [-0.15, -0.1) is 0 Å². The molecule has 0 radical (unpaired) electrons. The lowest BCUT2D eigenvalue weighted by Crippen LogP contribution is -2.42. The summed E-state index contributed by atoms with van der Waals surface area (Å²) in [4.78, 5) is 23.0. The smallest absolute Gasteiger partial charge is 0.318 e. The van der Waals surface area contributed by atoms with E-state index in [4.69, 9.17) is 4.74 Å². The van der Waals surface area contributed by atoms with Crippen LogP contribution in [0.2, 0.25) is 0 Å². The van der Waals surface area contributed by atoms with Crippen molar-refractivity contribution in [2.75, 3.05) is 7.11 Å². The normalized spacial score (nSPS) is 14.8. The van der Waals surface area contributed by atoms with Crippen LogP contribution in [0.5, 0.6) is 5.75 Å². The van der Waals surface area contributed by atoms with Gasteiger partial charge in [-0.25, -0.2) is 4.79 Å². The molecule has 2 aromatic heterocycles. The van der Waals surface area contributed by atoms with Crippen molar-refractivity contribution in [2.24, 2.45) is 0 Å². The van der Waals surface area contributed by atoms with Gasteiger partial charge in [-0.3, -0.25) is 9.97 Å². The number of aromatic nitrogens is 2. The zero-order valence-corrected chi connectivity index (χ0v) is 14.0. The maximum absolute atomic E-state index is 12.7. The van der Waals surface area contributed by atoms with Crippen LogP contribution in [0.1, 0.15) is 37.1 Å². The summed E-state index contributed by atoms with van der Waals surface area (Å²) >= 11 is 0. The molecule has 1 N–H and O–H groups in total. The van der Waals surface area contributed by atoms with Crippen LogP contribution < -0.4 is 10.1 Å². The molecule has 126 valence electrons. The van der Waals surface area contributed by atoms with E-state index in [1.807, 2.05) is 36.1 Å². The Labute approximate surface area is 141 Å². The molecule has 0 spiro atoms. The van der Waals surface area contributed by atoms with Crippen LogP contribution in [0.3, 0.4) is 0 Å². The van der Waals surface area contributed by atoms with Crippen molar-refractivity contribution in [3.63, 3.8) is 0 Å². The summed E-state index contributed by atoms with van der Waals surface area (Å²) in [6.07, 6.45) is 7.21. The van der Waals surface area contributed by atoms with Crippen molar-refractivity contribution in [2.45, 2.75) is 38.4 Å². The maximum Gasteiger partial charge on any atom is 0.318 e. The molecule has 1 aliphatic rings. The van der Waals surface area contributed by atoms with Gasteiger partial charge in [0.25, 0.3) is 0 Å². The lowest BCUT2D eigenvalue weighted by atomic mass is 10.1. The number of hydrogen-bond donors (Lipinski definition) is 1. The third-order valence-electron chi connectivity index (χ3n) is 4.15. The van der Waals surface area contributed by atoms with Gasteiger partial charge >= 0.3 is 6.03 Å². The molecule has 1 unspecified atom stereocenters. The van der Waals surface area contributed by atoms with Gasteiger partial charge in [0.15, 0.2) is 0 Å². The molecular weight excluding hydrogens is 304 g/mol. The first-order chi connectivity index (χ1) is 11.7. The van der Waals surface area contributed by atoms with Gasteiger partial charge < -0.3 is 15.0 Å². The zero-order valence-electron chi connectivity index (χ0n) is 14.0. The number of ether oxygens (including phenoxy) is 1. The summed E-state index contributed by atoms with van der Waals surface area (Å²) < 4.78 is 5.33. The average molecular weight is 326 g/mol. The first-order valence-corrected chi connectivity index (χ1v) is 8.14. The fourth-order valence-electron chi connectivity index (χ4n) is 2.68. The standard InChI is InChI=1S/C18H22N4O2/c1-13(16-8-10-19-11-17(16)24-2)21-18(23)22(15-6-7-15)12-14-5-3-4-9-20-14/h3-5,8-11,13,15H,6-7,12H2,1-2H3,(H,21,23). The van der Waals surface area contributed by atoms with E-state index in [9.17, 15) is 4.79 Å². The van der Waals surface area contributed by atoms with Gasteiger partial charge in [0.2, 0.25) is 0 Å². The number of nitrogens with one attached hydrogen (secondary N) is 1. The summed E-state index contributed by atoms with van der Waals surface area (Å²) in [5, 5.41) is 3.06. The van der Waals surface area contributed by atoms with Gasteiger partial charge in [0.1, 0.15) is 5.75 Å². The average Bonchev–Trinajstić information content (AvgIpc) is 3.45. The number of urea groups is 1. The maximum atomic E-state index is 12.7. The highest BCUT2D eigenvalue weighted by molar-refractivity contribution is 5.75. The SMILES string of the molecule is COc1cnccc1C(C)NC(=O)N(Cc1ccccn1)C1CC1. The Bertz CT molecular complexity index is 688. The minimum atomic E-state index is -0.166. The van der Waals surface area contributed by atoms with Crippen LogP contribution in [0.25, 0.3) is 0 Å². The van der Waals surface area contributed by atoms with Gasteiger partial charge in [-0.05, 0) is 38.0 Å². The molecule has 0 bridgehead atoms. The van der Waals surface area contributed by atoms with E-state index in [1.54, 1.807) is 25.7 Å². The Balaban J connectivity index is 1.69. The second-order valence-corrected chi connectivity index (χ2v) is 5.97. The first-order valence-electron chi connectivity index (χ1n) is 8.14. The Hall–Kier alpha value is -2.63. The molecule has 1 saturated carbocycles. The fraction of sp³-hybridized carbons (Fsp3) is 0.389. The second-order valence-electron chi connectivity index (χ2n) is 5.97. The lowest BCUT2D eigenvalue weighted by Gasteiger charge is -2.25. The molecule has 0 aromatic carbocycles. The van der Waals surface area contributed by atoms with E-state index in [2.05, 4.69) is 15.3 Å². The van der Waals surface area contributed by atoms with Crippen LogP contribution in [0.4, 0.5) is 4.79 Å². The molecule has 6 nitrogen and oxygen atoms in total. The molecule has 2 amide bonds. The highest BCUT2D eigenvalue weighted by Crippen LogP contribution is 2.29. The van der Waals surface area contributed by atoms with Gasteiger partial charge in [0, 0.05) is 24.0 Å². The van der Waals surface area contributed by atoms with Crippen molar-refractivity contribution in [3.8, 4) is 5.75 Å². The Kier molecular flexibility index (Phi) is 4.93. The number of pyridine rings is 2. The molecule has 1 aliphatic carbocycles. The molecular formula is C18H22N4O2. The van der Waals surface area contributed by atoms with E-state index in [1.165, 1.54) is 0 Å². The quantitative estimate of drug-likeness (QED) is 0.886. The predicted molar refractivity (Wildman–Crippen MR) is 90.5 cm³/mol.